The summed E-state index contributed by atoms with van der Waals surface area (Å²) in [6.07, 6.45) is 10.3. The number of nitrogens with zero attached hydrogens (tertiary/aromatic N) is 2. The van der Waals surface area contributed by atoms with Gasteiger partial charge in [-0.1, -0.05) is 39.5 Å². The fourth-order valence-corrected chi connectivity index (χ4v) is 4.26. The molecule has 2 aliphatic rings. The lowest BCUT2D eigenvalue weighted by Gasteiger charge is -2.33. The smallest absolute Gasteiger partial charge is 0.220 e. The van der Waals surface area contributed by atoms with Crippen LogP contribution in [0.4, 0.5) is 5.95 Å². The van der Waals surface area contributed by atoms with Crippen molar-refractivity contribution in [2.75, 3.05) is 5.73 Å². The Morgan fingerprint density at radius 1 is 1.20 bits per heavy atom. The third-order valence-electron chi connectivity index (χ3n) is 5.27. The average molecular weight is 273 g/mol. The van der Waals surface area contributed by atoms with E-state index in [-0.39, 0.29) is 0 Å². The quantitative estimate of drug-likeness (QED) is 0.819. The third kappa shape index (κ3) is 2.43. The van der Waals surface area contributed by atoms with Crippen molar-refractivity contribution in [2.45, 2.75) is 77.0 Å². The molecular formula is C17H27N3. The van der Waals surface area contributed by atoms with E-state index in [1.165, 1.54) is 61.9 Å². The minimum atomic E-state index is 0.493. The molecular weight excluding hydrogens is 246 g/mol. The van der Waals surface area contributed by atoms with Crippen molar-refractivity contribution in [3.05, 3.63) is 17.0 Å². The van der Waals surface area contributed by atoms with Crippen molar-refractivity contribution in [1.82, 2.24) is 9.97 Å². The molecule has 2 N–H and O–H groups in total. The van der Waals surface area contributed by atoms with Gasteiger partial charge in [0.25, 0.3) is 0 Å². The highest BCUT2D eigenvalue weighted by molar-refractivity contribution is 5.42. The maximum atomic E-state index is 5.94. The summed E-state index contributed by atoms with van der Waals surface area (Å²) in [7, 11) is 0. The number of hydrogen-bond acceptors (Lipinski definition) is 3. The molecule has 3 atom stereocenters. The van der Waals surface area contributed by atoms with Crippen LogP contribution in [-0.2, 0) is 6.42 Å². The zero-order valence-electron chi connectivity index (χ0n) is 12.9. The summed E-state index contributed by atoms with van der Waals surface area (Å²) in [6, 6.07) is 0. The predicted octanol–water partition coefficient (Wildman–Crippen LogP) is 4.18. The second-order valence-corrected chi connectivity index (χ2v) is 6.73. The molecule has 0 aliphatic heterocycles. The number of nitrogen functional groups attached to an aromatic ring is 1. The van der Waals surface area contributed by atoms with Crippen LogP contribution in [0.2, 0.25) is 0 Å². The molecule has 0 amide bonds. The van der Waals surface area contributed by atoms with E-state index in [9.17, 15) is 0 Å². The van der Waals surface area contributed by atoms with Gasteiger partial charge in [-0.25, -0.2) is 9.97 Å². The molecule has 20 heavy (non-hydrogen) atoms. The number of unbranched alkanes of at least 4 members (excludes halogenated alkanes) is 3. The van der Waals surface area contributed by atoms with Crippen LogP contribution in [0.5, 0.6) is 0 Å². The molecule has 0 saturated carbocycles. The van der Waals surface area contributed by atoms with E-state index in [2.05, 4.69) is 23.8 Å². The van der Waals surface area contributed by atoms with Crippen molar-refractivity contribution in [1.29, 1.82) is 0 Å². The average Bonchev–Trinajstić information content (AvgIpc) is 2.80. The van der Waals surface area contributed by atoms with Gasteiger partial charge in [-0.15, -0.1) is 0 Å². The molecule has 1 heterocycles. The maximum Gasteiger partial charge on any atom is 0.220 e. The highest BCUT2D eigenvalue weighted by Crippen LogP contribution is 2.49. The van der Waals surface area contributed by atoms with Crippen LogP contribution in [0, 0.1) is 5.92 Å². The van der Waals surface area contributed by atoms with Gasteiger partial charge in [0.05, 0.1) is 5.69 Å². The number of anilines is 1. The molecule has 110 valence electrons. The Morgan fingerprint density at radius 2 is 2.05 bits per heavy atom. The Bertz CT molecular complexity index is 483. The lowest BCUT2D eigenvalue weighted by atomic mass is 9.72. The summed E-state index contributed by atoms with van der Waals surface area (Å²) in [4.78, 5) is 9.14. The van der Waals surface area contributed by atoms with Crippen LogP contribution < -0.4 is 5.73 Å². The van der Waals surface area contributed by atoms with E-state index in [0.717, 1.165) is 12.3 Å². The topological polar surface area (TPSA) is 51.8 Å². The standard InChI is InChI=1S/C17H27N3/c1-3-4-5-6-7-13-11(2)10-12-8-9-14-15(12)16(13)20-17(18)19-14/h11-13H,3-10H2,1-2H3,(H2,18,19,20). The van der Waals surface area contributed by atoms with Crippen LogP contribution in [0.15, 0.2) is 0 Å². The van der Waals surface area contributed by atoms with E-state index in [0.29, 0.717) is 17.8 Å². The molecule has 0 fully saturated rings. The summed E-state index contributed by atoms with van der Waals surface area (Å²) in [5, 5.41) is 0. The van der Waals surface area contributed by atoms with Crippen LogP contribution in [0.1, 0.15) is 87.6 Å². The number of hydrogen-bond donors (Lipinski definition) is 1. The van der Waals surface area contributed by atoms with Gasteiger partial charge < -0.3 is 5.73 Å². The first-order chi connectivity index (χ1) is 9.70. The van der Waals surface area contributed by atoms with Gasteiger partial charge in [-0.3, -0.25) is 0 Å². The molecule has 3 heteroatoms. The number of nitrogens with two attached hydrogens (primary N) is 1. The zero-order chi connectivity index (χ0) is 14.1. The Labute approximate surface area is 122 Å². The first-order valence-corrected chi connectivity index (χ1v) is 8.36. The van der Waals surface area contributed by atoms with E-state index >= 15 is 0 Å². The molecule has 3 unspecified atom stereocenters. The van der Waals surface area contributed by atoms with E-state index in [4.69, 9.17) is 5.73 Å². The molecule has 2 aliphatic carbocycles. The number of rotatable bonds is 5. The molecule has 0 aromatic carbocycles. The molecule has 1 aromatic rings. The summed E-state index contributed by atoms with van der Waals surface area (Å²) in [5.74, 6) is 2.56. The van der Waals surface area contributed by atoms with Crippen LogP contribution in [0.25, 0.3) is 0 Å². The zero-order valence-corrected chi connectivity index (χ0v) is 12.9. The van der Waals surface area contributed by atoms with Crippen LogP contribution in [0.3, 0.4) is 0 Å². The largest absolute Gasteiger partial charge is 0.368 e. The SMILES string of the molecule is CCCCCCC1c2nc(N)nc3c2C(CC3)CC1C. The van der Waals surface area contributed by atoms with Crippen molar-refractivity contribution in [2.24, 2.45) is 5.92 Å². The molecule has 0 radical (unpaired) electrons. The van der Waals surface area contributed by atoms with E-state index in [1.807, 2.05) is 0 Å². The normalized spacial score (nSPS) is 27.6. The van der Waals surface area contributed by atoms with Gasteiger partial charge in [-0.05, 0) is 43.1 Å². The molecule has 1 aromatic heterocycles. The van der Waals surface area contributed by atoms with Crippen molar-refractivity contribution >= 4 is 5.95 Å². The molecule has 3 rings (SSSR count). The minimum Gasteiger partial charge on any atom is -0.368 e. The second kappa shape index (κ2) is 5.71. The van der Waals surface area contributed by atoms with Gasteiger partial charge in [0, 0.05) is 11.6 Å². The predicted molar refractivity (Wildman–Crippen MR) is 82.8 cm³/mol. The van der Waals surface area contributed by atoms with Gasteiger partial charge in [-0.2, -0.15) is 0 Å². The Balaban J connectivity index is 1.83. The monoisotopic (exact) mass is 273 g/mol. The lowest BCUT2D eigenvalue weighted by Crippen LogP contribution is -2.23. The Morgan fingerprint density at radius 3 is 2.85 bits per heavy atom. The van der Waals surface area contributed by atoms with Gasteiger partial charge in [0.15, 0.2) is 0 Å². The van der Waals surface area contributed by atoms with Gasteiger partial charge in [0.1, 0.15) is 0 Å². The molecule has 0 saturated heterocycles. The minimum absolute atomic E-state index is 0.493. The first kappa shape index (κ1) is 13.8. The summed E-state index contributed by atoms with van der Waals surface area (Å²) in [6.45, 7) is 4.68. The Kier molecular flexibility index (Phi) is 3.95. The first-order valence-electron chi connectivity index (χ1n) is 8.36. The fourth-order valence-electron chi connectivity index (χ4n) is 4.26. The fraction of sp³-hybridized carbons (Fsp3) is 0.765. The molecule has 0 bridgehead atoms. The van der Waals surface area contributed by atoms with E-state index in [1.54, 1.807) is 0 Å². The van der Waals surface area contributed by atoms with E-state index < -0.39 is 0 Å². The van der Waals surface area contributed by atoms with Crippen molar-refractivity contribution in [3.63, 3.8) is 0 Å². The van der Waals surface area contributed by atoms with Crippen molar-refractivity contribution < 1.29 is 0 Å². The molecule has 3 nitrogen and oxygen atoms in total. The highest BCUT2D eigenvalue weighted by atomic mass is 15.0. The maximum absolute atomic E-state index is 5.94. The van der Waals surface area contributed by atoms with Crippen LogP contribution >= 0.6 is 0 Å². The Hall–Kier alpha value is -1.12. The summed E-state index contributed by atoms with van der Waals surface area (Å²) < 4.78 is 0. The van der Waals surface area contributed by atoms with Gasteiger partial charge >= 0.3 is 0 Å². The number of aromatic nitrogens is 2. The van der Waals surface area contributed by atoms with Crippen LogP contribution in [-0.4, -0.2) is 9.97 Å². The second-order valence-electron chi connectivity index (χ2n) is 6.73. The van der Waals surface area contributed by atoms with Crippen molar-refractivity contribution in [3.8, 4) is 0 Å². The third-order valence-corrected chi connectivity index (χ3v) is 5.27. The van der Waals surface area contributed by atoms with Gasteiger partial charge in [0.2, 0.25) is 5.95 Å². The summed E-state index contributed by atoms with van der Waals surface area (Å²) in [5.41, 5.74) is 9.99. The molecule has 0 spiro atoms. The summed E-state index contributed by atoms with van der Waals surface area (Å²) >= 11 is 0. The number of aryl methyl sites for hydroxylation is 1. The highest BCUT2D eigenvalue weighted by Gasteiger charge is 2.38. The lowest BCUT2D eigenvalue weighted by molar-refractivity contribution is 0.332.